The fraction of sp³-hybridized carbons (Fsp3) is 0.0870. The first-order valence-electron chi connectivity index (χ1n) is 9.07. The first-order valence-corrected chi connectivity index (χ1v) is 9.07. The molecule has 2 N–H and O–H groups in total. The lowest BCUT2D eigenvalue weighted by Crippen LogP contribution is -2.29. The van der Waals surface area contributed by atoms with Crippen LogP contribution in [0.4, 0.5) is 0 Å². The number of carbonyl (C=O) groups is 1. The third kappa shape index (κ3) is 3.55. The van der Waals surface area contributed by atoms with E-state index in [0.29, 0.717) is 5.82 Å². The Bertz CT molecular complexity index is 1190. The molecule has 5 nitrogen and oxygen atoms in total. The fourth-order valence-corrected chi connectivity index (χ4v) is 3.28. The summed E-state index contributed by atoms with van der Waals surface area (Å²) in [6.45, 7) is 1.92. The van der Waals surface area contributed by atoms with E-state index in [1.807, 2.05) is 79.7 Å². The lowest BCUT2D eigenvalue weighted by molar-refractivity contribution is 0.0935. The van der Waals surface area contributed by atoms with Crippen molar-refractivity contribution in [1.82, 2.24) is 15.3 Å². The molecule has 0 spiro atoms. The highest BCUT2D eigenvalue weighted by atomic mass is 16.2. The van der Waals surface area contributed by atoms with Crippen LogP contribution in [0, 0.1) is 0 Å². The lowest BCUT2D eigenvalue weighted by Gasteiger charge is -2.16. The van der Waals surface area contributed by atoms with Gasteiger partial charge in [0.25, 0.3) is 11.5 Å². The van der Waals surface area contributed by atoms with Gasteiger partial charge in [-0.1, -0.05) is 72.8 Å². The maximum atomic E-state index is 12.8. The van der Waals surface area contributed by atoms with Gasteiger partial charge in [0.15, 0.2) is 0 Å². The van der Waals surface area contributed by atoms with Gasteiger partial charge in [0, 0.05) is 11.6 Å². The summed E-state index contributed by atoms with van der Waals surface area (Å²) in [7, 11) is 0. The number of nitrogens with zero attached hydrogens (tertiary/aromatic N) is 1. The van der Waals surface area contributed by atoms with Crippen LogP contribution in [-0.2, 0) is 0 Å². The van der Waals surface area contributed by atoms with Crippen LogP contribution in [0.5, 0.6) is 0 Å². The van der Waals surface area contributed by atoms with E-state index in [0.717, 1.165) is 21.9 Å². The number of carbonyl (C=O) groups excluding carboxylic acids is 1. The van der Waals surface area contributed by atoms with Gasteiger partial charge in [0.1, 0.15) is 11.5 Å². The topological polar surface area (TPSA) is 74.8 Å². The Labute approximate surface area is 162 Å². The first-order chi connectivity index (χ1) is 13.6. The van der Waals surface area contributed by atoms with Crippen LogP contribution >= 0.6 is 0 Å². The average molecular weight is 369 g/mol. The summed E-state index contributed by atoms with van der Waals surface area (Å²) in [5, 5.41) is 5.15. The highest BCUT2D eigenvalue weighted by Gasteiger charge is 2.16. The van der Waals surface area contributed by atoms with Gasteiger partial charge in [-0.15, -0.1) is 0 Å². The van der Waals surface area contributed by atoms with Crippen LogP contribution in [0.3, 0.4) is 0 Å². The molecule has 1 amide bonds. The predicted octanol–water partition coefficient (Wildman–Crippen LogP) is 4.08. The molecular formula is C23H19N3O2. The molecule has 0 aliphatic heterocycles. The standard InChI is InChI=1S/C23H19N3O2/c1-15(18-13-7-11-16-8-5-6-12-19(16)18)24-23(28)20-14-21(27)26-22(25-20)17-9-3-2-4-10-17/h2-15H,1H3,(H,24,28)(H,25,26,27). The fourth-order valence-electron chi connectivity index (χ4n) is 3.28. The molecule has 0 aliphatic carbocycles. The third-order valence-electron chi connectivity index (χ3n) is 4.66. The molecule has 28 heavy (non-hydrogen) atoms. The Balaban J connectivity index is 1.63. The van der Waals surface area contributed by atoms with E-state index in [2.05, 4.69) is 15.3 Å². The number of aromatic nitrogens is 2. The van der Waals surface area contributed by atoms with E-state index >= 15 is 0 Å². The number of aromatic amines is 1. The van der Waals surface area contributed by atoms with E-state index in [1.54, 1.807) is 0 Å². The predicted molar refractivity (Wildman–Crippen MR) is 110 cm³/mol. The van der Waals surface area contributed by atoms with Crippen molar-refractivity contribution in [2.45, 2.75) is 13.0 Å². The van der Waals surface area contributed by atoms with Gasteiger partial charge in [-0.3, -0.25) is 9.59 Å². The molecule has 5 heteroatoms. The van der Waals surface area contributed by atoms with Crippen molar-refractivity contribution in [1.29, 1.82) is 0 Å². The number of fused-ring (bicyclic) bond motifs is 1. The van der Waals surface area contributed by atoms with Crippen LogP contribution in [0.25, 0.3) is 22.2 Å². The Morgan fingerprint density at radius 3 is 2.50 bits per heavy atom. The quantitative estimate of drug-likeness (QED) is 0.569. The van der Waals surface area contributed by atoms with Gasteiger partial charge in [0.05, 0.1) is 6.04 Å². The maximum absolute atomic E-state index is 12.8. The molecule has 3 aromatic carbocycles. The molecular weight excluding hydrogens is 350 g/mol. The normalized spacial score (nSPS) is 11.9. The summed E-state index contributed by atoms with van der Waals surface area (Å²) < 4.78 is 0. The molecule has 0 saturated heterocycles. The molecule has 0 radical (unpaired) electrons. The molecule has 1 aromatic heterocycles. The highest BCUT2D eigenvalue weighted by molar-refractivity contribution is 5.93. The largest absolute Gasteiger partial charge is 0.344 e. The minimum absolute atomic E-state index is 0.0923. The highest BCUT2D eigenvalue weighted by Crippen LogP contribution is 2.24. The molecule has 1 unspecified atom stereocenters. The van der Waals surface area contributed by atoms with Crippen molar-refractivity contribution in [3.05, 3.63) is 100 Å². The van der Waals surface area contributed by atoms with Crippen molar-refractivity contribution >= 4 is 16.7 Å². The van der Waals surface area contributed by atoms with Crippen LogP contribution in [0.15, 0.2) is 83.7 Å². The van der Waals surface area contributed by atoms with E-state index < -0.39 is 0 Å². The minimum atomic E-state index is -0.385. The summed E-state index contributed by atoms with van der Waals surface area (Å²) in [6.07, 6.45) is 0. The SMILES string of the molecule is CC(NC(=O)c1cc(=O)[nH]c(-c2ccccc2)n1)c1cccc2ccccc12. The second-order valence-corrected chi connectivity index (χ2v) is 6.61. The van der Waals surface area contributed by atoms with Crippen molar-refractivity contribution in [3.8, 4) is 11.4 Å². The van der Waals surface area contributed by atoms with Gasteiger partial charge < -0.3 is 10.3 Å². The van der Waals surface area contributed by atoms with E-state index in [1.165, 1.54) is 6.07 Å². The molecule has 138 valence electrons. The van der Waals surface area contributed by atoms with Crippen LogP contribution in [0.2, 0.25) is 0 Å². The molecule has 4 aromatic rings. The van der Waals surface area contributed by atoms with E-state index in [9.17, 15) is 9.59 Å². The third-order valence-corrected chi connectivity index (χ3v) is 4.66. The smallest absolute Gasteiger partial charge is 0.270 e. The van der Waals surface area contributed by atoms with Crippen molar-refractivity contribution in [2.24, 2.45) is 0 Å². The lowest BCUT2D eigenvalue weighted by atomic mass is 9.99. The van der Waals surface area contributed by atoms with Gasteiger partial charge in [0.2, 0.25) is 0 Å². The summed E-state index contributed by atoms with van der Waals surface area (Å²) in [6, 6.07) is 24.3. The monoisotopic (exact) mass is 369 g/mol. The van der Waals surface area contributed by atoms with Crippen LogP contribution in [-0.4, -0.2) is 15.9 Å². The van der Waals surface area contributed by atoms with E-state index in [4.69, 9.17) is 0 Å². The molecule has 0 saturated carbocycles. The number of nitrogens with one attached hydrogen (secondary N) is 2. The summed E-state index contributed by atoms with van der Waals surface area (Å²) >= 11 is 0. The average Bonchev–Trinajstić information content (AvgIpc) is 2.73. The number of amides is 1. The van der Waals surface area contributed by atoms with Crippen molar-refractivity contribution in [3.63, 3.8) is 0 Å². The Morgan fingerprint density at radius 2 is 1.68 bits per heavy atom. The Kier molecular flexibility index (Phi) is 4.72. The van der Waals surface area contributed by atoms with Gasteiger partial charge >= 0.3 is 0 Å². The van der Waals surface area contributed by atoms with Crippen molar-refractivity contribution in [2.75, 3.05) is 0 Å². The van der Waals surface area contributed by atoms with E-state index in [-0.39, 0.29) is 23.2 Å². The van der Waals surface area contributed by atoms with Gasteiger partial charge in [-0.05, 0) is 23.3 Å². The number of hydrogen-bond donors (Lipinski definition) is 2. The molecule has 1 atom stereocenters. The second-order valence-electron chi connectivity index (χ2n) is 6.61. The number of benzene rings is 3. The Hall–Kier alpha value is -3.73. The summed E-state index contributed by atoms with van der Waals surface area (Å²) in [5.74, 6) is -0.0141. The Morgan fingerprint density at radius 1 is 0.964 bits per heavy atom. The summed E-state index contributed by atoms with van der Waals surface area (Å²) in [4.78, 5) is 31.8. The molecule has 0 fully saturated rings. The molecule has 1 heterocycles. The second kappa shape index (κ2) is 7.48. The number of hydrogen-bond acceptors (Lipinski definition) is 3. The maximum Gasteiger partial charge on any atom is 0.270 e. The zero-order valence-electron chi connectivity index (χ0n) is 15.3. The van der Waals surface area contributed by atoms with Gasteiger partial charge in [-0.25, -0.2) is 4.98 Å². The van der Waals surface area contributed by atoms with Gasteiger partial charge in [-0.2, -0.15) is 0 Å². The van der Waals surface area contributed by atoms with Crippen LogP contribution < -0.4 is 10.9 Å². The first kappa shape index (κ1) is 17.7. The molecule has 0 aliphatic rings. The number of rotatable bonds is 4. The summed E-state index contributed by atoms with van der Waals surface area (Å²) in [5.41, 5.74) is 1.49. The zero-order valence-corrected chi connectivity index (χ0v) is 15.3. The molecule has 4 rings (SSSR count). The molecule has 0 bridgehead atoms. The number of H-pyrrole nitrogens is 1. The zero-order chi connectivity index (χ0) is 19.5. The minimum Gasteiger partial charge on any atom is -0.344 e. The van der Waals surface area contributed by atoms with Crippen molar-refractivity contribution < 1.29 is 4.79 Å². The van der Waals surface area contributed by atoms with Crippen LogP contribution in [0.1, 0.15) is 29.0 Å².